The zero-order valence-corrected chi connectivity index (χ0v) is 9.88. The predicted molar refractivity (Wildman–Crippen MR) is 62.5 cm³/mol. The predicted octanol–water partition coefficient (Wildman–Crippen LogP) is 1.43. The fraction of sp³-hybridized carbons (Fsp3) is 0.900. The largest absolute Gasteiger partial charge is 0.381 e. The molecule has 1 saturated heterocycles. The van der Waals surface area contributed by atoms with Gasteiger partial charge in [-0.15, -0.1) is 0 Å². The molecule has 4 heteroatoms. The summed E-state index contributed by atoms with van der Waals surface area (Å²) < 4.78 is 5.32. The Balaban J connectivity index is 2.29. The van der Waals surface area contributed by atoms with E-state index in [9.17, 15) is 0 Å². The zero-order chi connectivity index (χ0) is 10.4. The van der Waals surface area contributed by atoms with E-state index in [1.54, 1.807) is 0 Å². The molecule has 82 valence electrons. The summed E-state index contributed by atoms with van der Waals surface area (Å²) in [5.41, 5.74) is 0.121. The molecule has 0 aliphatic carbocycles. The Morgan fingerprint density at radius 1 is 1.43 bits per heavy atom. The lowest BCUT2D eigenvalue weighted by molar-refractivity contribution is 0.0524. The molecule has 1 aliphatic heterocycles. The van der Waals surface area contributed by atoms with Gasteiger partial charge in [0.15, 0.2) is 5.11 Å². The molecule has 0 spiro atoms. The molecule has 0 aromatic heterocycles. The topological polar surface area (TPSA) is 33.3 Å². The Bertz CT molecular complexity index is 191. The van der Waals surface area contributed by atoms with Gasteiger partial charge in [0.25, 0.3) is 0 Å². The summed E-state index contributed by atoms with van der Waals surface area (Å²) in [6.07, 6.45) is 3.16. The molecule has 1 aliphatic rings. The molecular formula is C10H20N2OS. The van der Waals surface area contributed by atoms with Crippen LogP contribution >= 0.6 is 12.2 Å². The maximum Gasteiger partial charge on any atom is 0.166 e. The Morgan fingerprint density at radius 2 is 2.07 bits per heavy atom. The molecule has 0 amide bonds. The van der Waals surface area contributed by atoms with E-state index in [4.69, 9.17) is 17.0 Å². The second-order valence-corrected chi connectivity index (χ2v) is 4.46. The molecule has 0 bridgehead atoms. The standard InChI is InChI=1S/C10H20N2OS/c1-3-6-11-9(14)12-10(2)4-7-13-8-5-10/h3-8H2,1-2H3,(H2,11,12,14). The third kappa shape index (κ3) is 3.80. The fourth-order valence-electron chi connectivity index (χ4n) is 1.50. The third-order valence-electron chi connectivity index (χ3n) is 2.55. The van der Waals surface area contributed by atoms with Crippen LogP contribution in [0.15, 0.2) is 0 Å². The van der Waals surface area contributed by atoms with Gasteiger partial charge < -0.3 is 15.4 Å². The number of thiocarbonyl (C=S) groups is 1. The van der Waals surface area contributed by atoms with Crippen LogP contribution in [-0.4, -0.2) is 30.4 Å². The minimum absolute atomic E-state index is 0.121. The monoisotopic (exact) mass is 216 g/mol. The molecule has 2 N–H and O–H groups in total. The van der Waals surface area contributed by atoms with Gasteiger partial charge in [-0.2, -0.15) is 0 Å². The molecule has 0 radical (unpaired) electrons. The summed E-state index contributed by atoms with van der Waals surface area (Å²) in [5.74, 6) is 0. The van der Waals surface area contributed by atoms with Gasteiger partial charge in [0.05, 0.1) is 0 Å². The van der Waals surface area contributed by atoms with E-state index >= 15 is 0 Å². The molecule has 0 saturated carbocycles. The molecule has 1 rings (SSSR count). The van der Waals surface area contributed by atoms with Gasteiger partial charge in [-0.25, -0.2) is 0 Å². The summed E-state index contributed by atoms with van der Waals surface area (Å²) in [5, 5.41) is 7.33. The van der Waals surface area contributed by atoms with Gasteiger partial charge >= 0.3 is 0 Å². The highest BCUT2D eigenvalue weighted by atomic mass is 32.1. The lowest BCUT2D eigenvalue weighted by Gasteiger charge is -2.35. The van der Waals surface area contributed by atoms with Crippen molar-refractivity contribution in [2.45, 2.75) is 38.6 Å². The first-order chi connectivity index (χ1) is 6.66. The van der Waals surface area contributed by atoms with Crippen molar-refractivity contribution >= 4 is 17.3 Å². The summed E-state index contributed by atoms with van der Waals surface area (Å²) in [6, 6.07) is 0. The normalized spacial score (nSPS) is 20.1. The van der Waals surface area contributed by atoms with Gasteiger partial charge in [0.2, 0.25) is 0 Å². The van der Waals surface area contributed by atoms with E-state index in [1.807, 2.05) is 0 Å². The highest BCUT2D eigenvalue weighted by Crippen LogP contribution is 2.19. The second-order valence-electron chi connectivity index (χ2n) is 4.05. The van der Waals surface area contributed by atoms with Gasteiger partial charge in [-0.3, -0.25) is 0 Å². The van der Waals surface area contributed by atoms with Crippen molar-refractivity contribution in [3.8, 4) is 0 Å². The van der Waals surface area contributed by atoms with E-state index in [-0.39, 0.29) is 5.54 Å². The highest BCUT2D eigenvalue weighted by molar-refractivity contribution is 7.80. The number of hydrogen-bond donors (Lipinski definition) is 2. The first-order valence-electron chi connectivity index (χ1n) is 5.30. The minimum Gasteiger partial charge on any atom is -0.381 e. The van der Waals surface area contributed by atoms with E-state index in [1.165, 1.54) is 0 Å². The van der Waals surface area contributed by atoms with E-state index in [2.05, 4.69) is 24.5 Å². The molecule has 1 fully saturated rings. The molecule has 0 aromatic rings. The maximum absolute atomic E-state index is 5.32. The Hall–Kier alpha value is -0.350. The van der Waals surface area contributed by atoms with E-state index < -0.39 is 0 Å². The first-order valence-corrected chi connectivity index (χ1v) is 5.71. The van der Waals surface area contributed by atoms with Gasteiger partial charge in [-0.05, 0) is 38.4 Å². The van der Waals surface area contributed by atoms with Crippen LogP contribution in [0.4, 0.5) is 0 Å². The van der Waals surface area contributed by atoms with Crippen molar-refractivity contribution in [2.75, 3.05) is 19.8 Å². The number of rotatable bonds is 3. The van der Waals surface area contributed by atoms with Crippen LogP contribution in [0.25, 0.3) is 0 Å². The maximum atomic E-state index is 5.32. The molecule has 1 heterocycles. The lowest BCUT2D eigenvalue weighted by atomic mass is 9.93. The SMILES string of the molecule is CCCNC(=S)NC1(C)CCOCC1. The average Bonchev–Trinajstić information content (AvgIpc) is 2.15. The third-order valence-corrected chi connectivity index (χ3v) is 2.79. The molecule has 14 heavy (non-hydrogen) atoms. The van der Waals surface area contributed by atoms with Gasteiger partial charge in [0, 0.05) is 25.3 Å². The van der Waals surface area contributed by atoms with Crippen molar-refractivity contribution in [3.05, 3.63) is 0 Å². The van der Waals surface area contributed by atoms with Crippen molar-refractivity contribution < 1.29 is 4.74 Å². The molecule has 0 aromatic carbocycles. The van der Waals surface area contributed by atoms with E-state index in [0.717, 1.165) is 44.1 Å². The number of ether oxygens (including phenoxy) is 1. The summed E-state index contributed by atoms with van der Waals surface area (Å²) in [7, 11) is 0. The molecule has 3 nitrogen and oxygen atoms in total. The van der Waals surface area contributed by atoms with Crippen molar-refractivity contribution in [2.24, 2.45) is 0 Å². The summed E-state index contributed by atoms with van der Waals surface area (Å²) in [4.78, 5) is 0. The molecular weight excluding hydrogens is 196 g/mol. The Kier molecular flexibility index (Phi) is 4.62. The van der Waals surface area contributed by atoms with Crippen molar-refractivity contribution in [1.82, 2.24) is 10.6 Å². The fourth-order valence-corrected chi connectivity index (χ4v) is 1.85. The quantitative estimate of drug-likeness (QED) is 0.699. The summed E-state index contributed by atoms with van der Waals surface area (Å²) in [6.45, 7) is 6.94. The van der Waals surface area contributed by atoms with Crippen LogP contribution < -0.4 is 10.6 Å². The van der Waals surface area contributed by atoms with E-state index in [0.29, 0.717) is 0 Å². The van der Waals surface area contributed by atoms with Gasteiger partial charge in [0.1, 0.15) is 0 Å². The molecule has 0 atom stereocenters. The van der Waals surface area contributed by atoms with Crippen LogP contribution in [-0.2, 0) is 4.74 Å². The van der Waals surface area contributed by atoms with Crippen LogP contribution in [0, 0.1) is 0 Å². The van der Waals surface area contributed by atoms with Crippen LogP contribution in [0.5, 0.6) is 0 Å². The van der Waals surface area contributed by atoms with Crippen molar-refractivity contribution in [3.63, 3.8) is 0 Å². The van der Waals surface area contributed by atoms with Crippen molar-refractivity contribution in [1.29, 1.82) is 0 Å². The first kappa shape index (κ1) is 11.7. The minimum atomic E-state index is 0.121. The average molecular weight is 216 g/mol. The van der Waals surface area contributed by atoms with Crippen LogP contribution in [0.3, 0.4) is 0 Å². The summed E-state index contributed by atoms with van der Waals surface area (Å²) >= 11 is 5.21. The Morgan fingerprint density at radius 3 is 2.64 bits per heavy atom. The number of hydrogen-bond acceptors (Lipinski definition) is 2. The van der Waals surface area contributed by atoms with Crippen LogP contribution in [0.1, 0.15) is 33.1 Å². The van der Waals surface area contributed by atoms with Crippen LogP contribution in [0.2, 0.25) is 0 Å². The van der Waals surface area contributed by atoms with Gasteiger partial charge in [-0.1, -0.05) is 6.92 Å². The highest BCUT2D eigenvalue weighted by Gasteiger charge is 2.27. The lowest BCUT2D eigenvalue weighted by Crippen LogP contribution is -2.52. The molecule has 0 unspecified atom stereocenters. The Labute approximate surface area is 91.6 Å². The zero-order valence-electron chi connectivity index (χ0n) is 9.06. The smallest absolute Gasteiger partial charge is 0.166 e. The number of nitrogens with one attached hydrogen (secondary N) is 2. The second kappa shape index (κ2) is 5.51.